The predicted octanol–water partition coefficient (Wildman–Crippen LogP) is 4.07. The highest BCUT2D eigenvalue weighted by Crippen LogP contribution is 2.26. The van der Waals surface area contributed by atoms with Crippen LogP contribution in [0.5, 0.6) is 0 Å². The molecule has 19 heavy (non-hydrogen) atoms. The van der Waals surface area contributed by atoms with E-state index in [0.717, 1.165) is 24.5 Å². The van der Waals surface area contributed by atoms with Gasteiger partial charge in [-0.25, -0.2) is 14.4 Å². The predicted molar refractivity (Wildman–Crippen MR) is 76.0 cm³/mol. The van der Waals surface area contributed by atoms with Gasteiger partial charge >= 0.3 is 0 Å². The third-order valence-electron chi connectivity index (χ3n) is 2.58. The van der Waals surface area contributed by atoms with Crippen molar-refractivity contribution in [3.8, 4) is 11.4 Å². The quantitative estimate of drug-likeness (QED) is 0.917. The molecule has 0 aliphatic rings. The molecule has 5 heteroatoms. The van der Waals surface area contributed by atoms with E-state index in [1.54, 1.807) is 6.07 Å². The molecule has 1 aromatic carbocycles. The summed E-state index contributed by atoms with van der Waals surface area (Å²) >= 11 is 6.03. The Labute approximate surface area is 116 Å². The molecule has 0 amide bonds. The molecule has 0 aliphatic carbocycles. The van der Waals surface area contributed by atoms with Crippen molar-refractivity contribution in [2.24, 2.45) is 0 Å². The largest absolute Gasteiger partial charge is 0.370 e. The van der Waals surface area contributed by atoms with Crippen molar-refractivity contribution in [2.45, 2.75) is 20.3 Å². The van der Waals surface area contributed by atoms with E-state index in [4.69, 9.17) is 11.6 Å². The van der Waals surface area contributed by atoms with E-state index >= 15 is 0 Å². The maximum Gasteiger partial charge on any atom is 0.163 e. The molecule has 3 nitrogen and oxygen atoms in total. The first-order chi connectivity index (χ1) is 9.10. The third kappa shape index (κ3) is 3.41. The maximum atomic E-state index is 13.1. The minimum Gasteiger partial charge on any atom is -0.370 e. The van der Waals surface area contributed by atoms with Crippen LogP contribution in [0.3, 0.4) is 0 Å². The Morgan fingerprint density at radius 2 is 2.05 bits per heavy atom. The summed E-state index contributed by atoms with van der Waals surface area (Å²) in [6.45, 7) is 4.81. The molecule has 0 saturated heterocycles. The van der Waals surface area contributed by atoms with Crippen molar-refractivity contribution in [1.82, 2.24) is 9.97 Å². The number of nitrogens with one attached hydrogen (secondary N) is 1. The summed E-state index contributed by atoms with van der Waals surface area (Å²) in [6.07, 6.45) is 1.01. The average molecular weight is 280 g/mol. The van der Waals surface area contributed by atoms with Gasteiger partial charge in [-0.05, 0) is 31.5 Å². The summed E-state index contributed by atoms with van der Waals surface area (Å²) in [7, 11) is 0. The molecule has 0 saturated carbocycles. The second-order valence-electron chi connectivity index (χ2n) is 4.27. The Bertz CT molecular complexity index is 587. The standard InChI is InChI=1S/C14H15ClFN3/c1-3-6-17-13-7-9(2)18-14(19-13)11-5-4-10(16)8-12(11)15/h4-5,7-8H,3,6H2,1-2H3,(H,17,18,19). The minimum absolute atomic E-state index is 0.312. The number of aryl methyl sites for hydroxylation is 1. The van der Waals surface area contributed by atoms with Gasteiger partial charge in [-0.15, -0.1) is 0 Å². The molecular formula is C14H15ClFN3. The molecule has 1 aromatic heterocycles. The fraction of sp³-hybridized carbons (Fsp3) is 0.286. The smallest absolute Gasteiger partial charge is 0.163 e. The van der Waals surface area contributed by atoms with Crippen molar-refractivity contribution in [3.63, 3.8) is 0 Å². The van der Waals surface area contributed by atoms with Gasteiger partial charge in [0.15, 0.2) is 5.82 Å². The van der Waals surface area contributed by atoms with Gasteiger partial charge in [0.25, 0.3) is 0 Å². The molecule has 0 unspecified atom stereocenters. The van der Waals surface area contributed by atoms with Gasteiger partial charge in [-0.3, -0.25) is 0 Å². The summed E-state index contributed by atoms with van der Waals surface area (Å²) in [4.78, 5) is 8.75. The van der Waals surface area contributed by atoms with Crippen molar-refractivity contribution in [1.29, 1.82) is 0 Å². The molecule has 0 aliphatic heterocycles. The number of hydrogen-bond donors (Lipinski definition) is 1. The normalized spacial score (nSPS) is 10.5. The highest BCUT2D eigenvalue weighted by molar-refractivity contribution is 6.33. The lowest BCUT2D eigenvalue weighted by Crippen LogP contribution is -2.04. The number of hydrogen-bond acceptors (Lipinski definition) is 3. The van der Waals surface area contributed by atoms with Crippen LogP contribution in [0.25, 0.3) is 11.4 Å². The van der Waals surface area contributed by atoms with E-state index in [1.165, 1.54) is 12.1 Å². The van der Waals surface area contributed by atoms with Gasteiger partial charge in [0.05, 0.1) is 5.02 Å². The molecular weight excluding hydrogens is 265 g/mol. The van der Waals surface area contributed by atoms with Gasteiger partial charge < -0.3 is 5.32 Å². The summed E-state index contributed by atoms with van der Waals surface area (Å²) in [5, 5.41) is 3.52. The van der Waals surface area contributed by atoms with Crippen LogP contribution in [0, 0.1) is 12.7 Å². The SMILES string of the molecule is CCCNc1cc(C)nc(-c2ccc(F)cc2Cl)n1. The fourth-order valence-corrected chi connectivity index (χ4v) is 1.96. The molecule has 0 atom stereocenters. The second-order valence-corrected chi connectivity index (χ2v) is 4.68. The van der Waals surface area contributed by atoms with Gasteiger partial charge in [0, 0.05) is 23.9 Å². The molecule has 0 bridgehead atoms. The van der Waals surface area contributed by atoms with Gasteiger partial charge in [0.2, 0.25) is 0 Å². The third-order valence-corrected chi connectivity index (χ3v) is 2.90. The maximum absolute atomic E-state index is 13.1. The highest BCUT2D eigenvalue weighted by atomic mass is 35.5. The zero-order valence-electron chi connectivity index (χ0n) is 10.9. The molecule has 100 valence electrons. The van der Waals surface area contributed by atoms with Crippen LogP contribution in [-0.4, -0.2) is 16.5 Å². The van der Waals surface area contributed by atoms with E-state index in [0.29, 0.717) is 16.4 Å². The molecule has 0 spiro atoms. The highest BCUT2D eigenvalue weighted by Gasteiger charge is 2.09. The number of rotatable bonds is 4. The first-order valence-corrected chi connectivity index (χ1v) is 6.53. The Morgan fingerprint density at radius 3 is 2.74 bits per heavy atom. The summed E-state index contributed by atoms with van der Waals surface area (Å²) in [6, 6.07) is 6.08. The Morgan fingerprint density at radius 1 is 1.26 bits per heavy atom. The van der Waals surface area contributed by atoms with E-state index in [9.17, 15) is 4.39 Å². The van der Waals surface area contributed by atoms with Crippen molar-refractivity contribution in [3.05, 3.63) is 40.8 Å². The lowest BCUT2D eigenvalue weighted by atomic mass is 10.2. The van der Waals surface area contributed by atoms with Gasteiger partial charge in [0.1, 0.15) is 11.6 Å². The molecule has 1 N–H and O–H groups in total. The van der Waals surface area contributed by atoms with E-state index in [-0.39, 0.29) is 5.82 Å². The van der Waals surface area contributed by atoms with E-state index in [2.05, 4.69) is 22.2 Å². The fourth-order valence-electron chi connectivity index (χ4n) is 1.70. The van der Waals surface area contributed by atoms with Crippen molar-refractivity contribution < 1.29 is 4.39 Å². The molecule has 2 rings (SSSR count). The van der Waals surface area contributed by atoms with Crippen LogP contribution in [0.2, 0.25) is 5.02 Å². The minimum atomic E-state index is -0.370. The Hall–Kier alpha value is -1.68. The van der Waals surface area contributed by atoms with Crippen LogP contribution in [0.4, 0.5) is 10.2 Å². The summed E-state index contributed by atoms with van der Waals surface area (Å²) in [5.74, 6) is 0.888. The molecule has 0 fully saturated rings. The van der Waals surface area contributed by atoms with Crippen LogP contribution in [0.1, 0.15) is 19.0 Å². The first kappa shape index (κ1) is 13.7. The van der Waals surface area contributed by atoms with Crippen molar-refractivity contribution in [2.75, 3.05) is 11.9 Å². The van der Waals surface area contributed by atoms with Crippen molar-refractivity contribution >= 4 is 17.4 Å². The number of benzene rings is 1. The number of nitrogens with zero attached hydrogens (tertiary/aromatic N) is 2. The average Bonchev–Trinajstić information content (AvgIpc) is 2.35. The monoisotopic (exact) mass is 279 g/mol. The molecule has 0 radical (unpaired) electrons. The van der Waals surface area contributed by atoms with Crippen LogP contribution >= 0.6 is 11.6 Å². The topological polar surface area (TPSA) is 37.8 Å². The second kappa shape index (κ2) is 5.97. The lowest BCUT2D eigenvalue weighted by molar-refractivity contribution is 0.628. The van der Waals surface area contributed by atoms with E-state index < -0.39 is 0 Å². The van der Waals surface area contributed by atoms with Crippen LogP contribution < -0.4 is 5.32 Å². The summed E-state index contributed by atoms with van der Waals surface area (Å²) < 4.78 is 13.1. The summed E-state index contributed by atoms with van der Waals surface area (Å²) in [5.41, 5.74) is 1.47. The molecule has 2 aromatic rings. The Balaban J connectivity index is 2.41. The zero-order valence-corrected chi connectivity index (χ0v) is 11.6. The van der Waals surface area contributed by atoms with Gasteiger partial charge in [-0.1, -0.05) is 18.5 Å². The first-order valence-electron chi connectivity index (χ1n) is 6.15. The van der Waals surface area contributed by atoms with Crippen LogP contribution in [-0.2, 0) is 0 Å². The zero-order chi connectivity index (χ0) is 13.8. The van der Waals surface area contributed by atoms with Crippen LogP contribution in [0.15, 0.2) is 24.3 Å². The lowest BCUT2D eigenvalue weighted by Gasteiger charge is -2.08. The van der Waals surface area contributed by atoms with Gasteiger partial charge in [-0.2, -0.15) is 0 Å². The van der Waals surface area contributed by atoms with E-state index in [1.807, 2.05) is 13.0 Å². The number of halogens is 2. The number of anilines is 1. The Kier molecular flexibility index (Phi) is 4.32. The number of aromatic nitrogens is 2. The molecule has 1 heterocycles.